The van der Waals surface area contributed by atoms with Crippen molar-refractivity contribution in [2.24, 2.45) is 0 Å². The van der Waals surface area contributed by atoms with Gasteiger partial charge >= 0.3 is 6.03 Å². The second-order valence-corrected chi connectivity index (χ2v) is 6.88. The summed E-state index contributed by atoms with van der Waals surface area (Å²) in [6.45, 7) is 0.313. The molecule has 0 spiro atoms. The molecule has 1 aromatic rings. The lowest BCUT2D eigenvalue weighted by Crippen LogP contribution is -2.43. The molecule has 0 unspecified atom stereocenters. The Kier molecular flexibility index (Phi) is 5.36. The maximum absolute atomic E-state index is 12.3. The van der Waals surface area contributed by atoms with Crippen LogP contribution in [-0.4, -0.2) is 37.4 Å². The molecule has 3 amide bonds. The Labute approximate surface area is 148 Å². The summed E-state index contributed by atoms with van der Waals surface area (Å²) in [5.41, 5.74) is 2.35. The number of hydrogen-bond donors (Lipinski definition) is 2. The van der Waals surface area contributed by atoms with Crippen LogP contribution in [0.4, 0.5) is 10.5 Å². The van der Waals surface area contributed by atoms with Crippen molar-refractivity contribution < 1.29 is 14.4 Å². The summed E-state index contributed by atoms with van der Waals surface area (Å²) < 4.78 is 0. The highest BCUT2D eigenvalue weighted by Gasteiger charge is 2.24. The third-order valence-electron chi connectivity index (χ3n) is 5.06. The zero-order valence-electron chi connectivity index (χ0n) is 14.6. The fraction of sp³-hybridized carbons (Fsp3) is 0.526. The van der Waals surface area contributed by atoms with Gasteiger partial charge in [-0.05, 0) is 36.6 Å². The van der Waals surface area contributed by atoms with E-state index in [-0.39, 0.29) is 30.2 Å². The molecule has 3 rings (SSSR count). The third-order valence-corrected chi connectivity index (χ3v) is 5.06. The number of hydrogen-bond acceptors (Lipinski definition) is 3. The van der Waals surface area contributed by atoms with Crippen molar-refractivity contribution in [1.82, 2.24) is 10.6 Å². The monoisotopic (exact) mass is 343 g/mol. The zero-order chi connectivity index (χ0) is 17.8. The number of anilines is 1. The maximum Gasteiger partial charge on any atom is 0.315 e. The third kappa shape index (κ3) is 4.18. The lowest BCUT2D eigenvalue weighted by atomic mass is 9.96. The van der Waals surface area contributed by atoms with Crippen LogP contribution in [0.5, 0.6) is 0 Å². The largest absolute Gasteiger partial charge is 0.338 e. The molecule has 0 radical (unpaired) electrons. The zero-order valence-corrected chi connectivity index (χ0v) is 14.6. The van der Waals surface area contributed by atoms with Gasteiger partial charge in [-0.2, -0.15) is 0 Å². The van der Waals surface area contributed by atoms with Crippen LogP contribution >= 0.6 is 0 Å². The minimum absolute atomic E-state index is 0.0252. The van der Waals surface area contributed by atoms with E-state index in [1.54, 1.807) is 24.1 Å². The molecular formula is C19H25N3O3. The van der Waals surface area contributed by atoms with Gasteiger partial charge in [-0.3, -0.25) is 9.59 Å². The predicted molar refractivity (Wildman–Crippen MR) is 95.9 cm³/mol. The first-order chi connectivity index (χ1) is 12.0. The number of fused-ring (bicyclic) bond motifs is 1. The second kappa shape index (κ2) is 7.68. The van der Waals surface area contributed by atoms with Crippen molar-refractivity contribution in [3.05, 3.63) is 29.3 Å². The summed E-state index contributed by atoms with van der Waals surface area (Å²) in [6, 6.07) is 5.42. The Hall–Kier alpha value is -2.37. The molecule has 6 nitrogen and oxygen atoms in total. The predicted octanol–water partition coefficient (Wildman–Crippen LogP) is 2.41. The number of likely N-dealkylation sites (N-methyl/N-ethyl adjacent to an activating group) is 1. The Morgan fingerprint density at radius 3 is 2.72 bits per heavy atom. The number of benzene rings is 1. The molecule has 6 heteroatoms. The summed E-state index contributed by atoms with van der Waals surface area (Å²) in [6.07, 6.45) is 6.24. The number of amides is 3. The van der Waals surface area contributed by atoms with Crippen molar-refractivity contribution in [3.8, 4) is 0 Å². The number of nitrogens with one attached hydrogen (secondary N) is 2. The fourth-order valence-electron chi connectivity index (χ4n) is 3.56. The van der Waals surface area contributed by atoms with Crippen LogP contribution in [0.1, 0.15) is 54.4 Å². The first kappa shape index (κ1) is 17.5. The molecule has 2 N–H and O–H groups in total. The standard InChI is InChI=1S/C19H25N3O3/c1-22-16-8-7-13(11-14(16)12-18(22)24)17(23)9-10-20-19(25)21-15-5-3-2-4-6-15/h7-8,11,15H,2-6,9-10,12H2,1H3,(H2,20,21,25). The topological polar surface area (TPSA) is 78.5 Å². The van der Waals surface area contributed by atoms with Gasteiger partial charge in [0.05, 0.1) is 6.42 Å². The number of ketones is 1. The average molecular weight is 343 g/mol. The number of urea groups is 1. The summed E-state index contributed by atoms with van der Waals surface area (Å²) in [4.78, 5) is 37.5. The number of Topliss-reactive ketones (excluding diaryl/α,β-unsaturated/α-hetero) is 1. The lowest BCUT2D eigenvalue weighted by Gasteiger charge is -2.22. The Morgan fingerprint density at radius 2 is 1.96 bits per heavy atom. The van der Waals surface area contributed by atoms with Gasteiger partial charge in [0, 0.05) is 37.3 Å². The molecule has 1 aromatic carbocycles. The smallest absolute Gasteiger partial charge is 0.315 e. The van der Waals surface area contributed by atoms with Crippen LogP contribution in [0.15, 0.2) is 18.2 Å². The number of carbonyl (C=O) groups excluding carboxylic acids is 3. The van der Waals surface area contributed by atoms with Gasteiger partial charge in [-0.25, -0.2) is 4.79 Å². The molecule has 1 aliphatic heterocycles. The van der Waals surface area contributed by atoms with Crippen LogP contribution in [-0.2, 0) is 11.2 Å². The Bertz CT molecular complexity index is 680. The highest BCUT2D eigenvalue weighted by Crippen LogP contribution is 2.28. The van der Waals surface area contributed by atoms with E-state index >= 15 is 0 Å². The van der Waals surface area contributed by atoms with Gasteiger partial charge in [0.25, 0.3) is 0 Å². The van der Waals surface area contributed by atoms with Crippen molar-refractivity contribution in [1.29, 1.82) is 0 Å². The van der Waals surface area contributed by atoms with Crippen LogP contribution in [0, 0.1) is 0 Å². The molecule has 2 aliphatic rings. The fourth-order valence-corrected chi connectivity index (χ4v) is 3.56. The first-order valence-electron chi connectivity index (χ1n) is 9.01. The first-order valence-corrected chi connectivity index (χ1v) is 9.01. The van der Waals surface area contributed by atoms with E-state index in [2.05, 4.69) is 10.6 Å². The van der Waals surface area contributed by atoms with Gasteiger partial charge in [-0.15, -0.1) is 0 Å². The summed E-state index contributed by atoms with van der Waals surface area (Å²) >= 11 is 0. The highest BCUT2D eigenvalue weighted by atomic mass is 16.2. The molecule has 25 heavy (non-hydrogen) atoms. The van der Waals surface area contributed by atoms with Gasteiger partial charge in [0.2, 0.25) is 5.91 Å². The summed E-state index contributed by atoms with van der Waals surface area (Å²) in [7, 11) is 1.74. The minimum atomic E-state index is -0.194. The van der Waals surface area contributed by atoms with Crippen LogP contribution in [0.2, 0.25) is 0 Å². The minimum Gasteiger partial charge on any atom is -0.338 e. The van der Waals surface area contributed by atoms with Gasteiger partial charge in [0.15, 0.2) is 5.78 Å². The summed E-state index contributed by atoms with van der Waals surface area (Å²) in [5, 5.41) is 5.74. The highest BCUT2D eigenvalue weighted by molar-refractivity contribution is 6.03. The SMILES string of the molecule is CN1C(=O)Cc2cc(C(=O)CCNC(=O)NC3CCCCC3)ccc21. The molecule has 134 valence electrons. The van der Waals surface area contributed by atoms with E-state index in [1.165, 1.54) is 19.3 Å². The van der Waals surface area contributed by atoms with Crippen LogP contribution in [0.25, 0.3) is 0 Å². The van der Waals surface area contributed by atoms with Crippen LogP contribution in [0.3, 0.4) is 0 Å². The number of nitrogens with zero attached hydrogens (tertiary/aromatic N) is 1. The molecule has 1 aliphatic carbocycles. The Morgan fingerprint density at radius 1 is 1.20 bits per heavy atom. The second-order valence-electron chi connectivity index (χ2n) is 6.88. The maximum atomic E-state index is 12.3. The van der Waals surface area contributed by atoms with Gasteiger partial charge in [-0.1, -0.05) is 19.3 Å². The van der Waals surface area contributed by atoms with Crippen molar-refractivity contribution in [2.45, 2.75) is 51.0 Å². The van der Waals surface area contributed by atoms with E-state index in [0.717, 1.165) is 24.1 Å². The average Bonchev–Trinajstić information content (AvgIpc) is 2.89. The molecule has 0 aromatic heterocycles. The van der Waals surface area contributed by atoms with Gasteiger partial charge < -0.3 is 15.5 Å². The van der Waals surface area contributed by atoms with E-state index in [4.69, 9.17) is 0 Å². The molecule has 1 heterocycles. The van der Waals surface area contributed by atoms with Crippen molar-refractivity contribution in [3.63, 3.8) is 0 Å². The van der Waals surface area contributed by atoms with E-state index in [1.807, 2.05) is 6.07 Å². The van der Waals surface area contributed by atoms with Crippen molar-refractivity contribution in [2.75, 3.05) is 18.5 Å². The molecular weight excluding hydrogens is 318 g/mol. The van der Waals surface area contributed by atoms with Crippen LogP contribution < -0.4 is 15.5 Å². The molecule has 1 saturated carbocycles. The molecule has 0 saturated heterocycles. The van der Waals surface area contributed by atoms with E-state index in [0.29, 0.717) is 18.5 Å². The lowest BCUT2D eigenvalue weighted by molar-refractivity contribution is -0.117. The Balaban J connectivity index is 1.46. The molecule has 0 bridgehead atoms. The summed E-state index contributed by atoms with van der Waals surface area (Å²) in [5.74, 6) is 0.0171. The van der Waals surface area contributed by atoms with E-state index in [9.17, 15) is 14.4 Å². The number of carbonyl (C=O) groups is 3. The normalized spacial score (nSPS) is 17.3. The quantitative estimate of drug-likeness (QED) is 0.806. The number of rotatable bonds is 5. The van der Waals surface area contributed by atoms with E-state index < -0.39 is 0 Å². The molecule has 0 atom stereocenters. The van der Waals surface area contributed by atoms with Crippen molar-refractivity contribution >= 4 is 23.4 Å². The molecule has 1 fully saturated rings. The van der Waals surface area contributed by atoms with Gasteiger partial charge in [0.1, 0.15) is 0 Å².